The van der Waals surface area contributed by atoms with Crippen molar-refractivity contribution in [2.45, 2.75) is 72.6 Å². The van der Waals surface area contributed by atoms with Gasteiger partial charge in [0.15, 0.2) is 0 Å². The van der Waals surface area contributed by atoms with Crippen LogP contribution in [0.15, 0.2) is 11.6 Å². The van der Waals surface area contributed by atoms with Gasteiger partial charge in [-0.25, -0.2) is 0 Å². The van der Waals surface area contributed by atoms with E-state index in [2.05, 4.69) is 33.8 Å². The lowest BCUT2D eigenvalue weighted by Crippen LogP contribution is -2.54. The molecule has 1 unspecified atom stereocenters. The number of hydrogen-bond acceptors (Lipinski definition) is 1. The number of Topliss-reactive ketones (excluding diaryl/α,β-unsaturated/α-hetero) is 1. The number of rotatable bonds is 0. The molecule has 0 N–H and O–H groups in total. The summed E-state index contributed by atoms with van der Waals surface area (Å²) in [5.74, 6) is 1.05. The van der Waals surface area contributed by atoms with Crippen molar-refractivity contribution in [2.24, 2.45) is 22.2 Å². The van der Waals surface area contributed by atoms with Gasteiger partial charge in [0, 0.05) is 11.8 Å². The van der Waals surface area contributed by atoms with Crippen LogP contribution in [-0.2, 0) is 4.79 Å². The molecule has 19 heavy (non-hydrogen) atoms. The third-order valence-electron chi connectivity index (χ3n) is 6.76. The van der Waals surface area contributed by atoms with Gasteiger partial charge in [0.25, 0.3) is 0 Å². The first kappa shape index (κ1) is 13.4. The van der Waals surface area contributed by atoms with Crippen molar-refractivity contribution >= 4 is 5.78 Å². The van der Waals surface area contributed by atoms with Gasteiger partial charge in [0.2, 0.25) is 0 Å². The molecule has 0 aromatic heterocycles. The van der Waals surface area contributed by atoms with E-state index in [0.717, 1.165) is 12.8 Å². The van der Waals surface area contributed by atoms with E-state index in [1.165, 1.54) is 32.1 Å². The summed E-state index contributed by atoms with van der Waals surface area (Å²) in [6.07, 6.45) is 10.9. The average molecular weight is 260 g/mol. The Morgan fingerprint density at radius 2 is 1.84 bits per heavy atom. The lowest BCUT2D eigenvalue weighted by molar-refractivity contribution is -0.141. The molecule has 106 valence electrons. The van der Waals surface area contributed by atoms with Crippen LogP contribution in [0.5, 0.6) is 0 Å². The quantitative estimate of drug-likeness (QED) is 0.566. The van der Waals surface area contributed by atoms with Gasteiger partial charge in [-0.1, -0.05) is 39.3 Å². The zero-order chi connectivity index (χ0) is 13.9. The molecule has 0 aromatic rings. The molecular formula is C18H28O. The molecular weight excluding hydrogens is 232 g/mol. The number of carbonyl (C=O) groups is 1. The van der Waals surface area contributed by atoms with Crippen molar-refractivity contribution in [1.29, 1.82) is 0 Å². The van der Waals surface area contributed by atoms with Crippen LogP contribution in [0.3, 0.4) is 0 Å². The lowest BCUT2D eigenvalue weighted by Gasteiger charge is -2.60. The highest BCUT2D eigenvalue weighted by atomic mass is 16.1. The van der Waals surface area contributed by atoms with Gasteiger partial charge in [-0.15, -0.1) is 0 Å². The summed E-state index contributed by atoms with van der Waals surface area (Å²) in [5, 5.41) is 0. The Bertz CT molecular complexity index is 445. The maximum Gasteiger partial charge on any atom is 0.138 e. The van der Waals surface area contributed by atoms with E-state index in [1.807, 2.05) is 0 Å². The molecule has 0 heterocycles. The number of allylic oxidation sites excluding steroid dienone is 2. The first-order valence-electron chi connectivity index (χ1n) is 8.05. The van der Waals surface area contributed by atoms with Crippen LogP contribution >= 0.6 is 0 Å². The van der Waals surface area contributed by atoms with Crippen LogP contribution in [0.2, 0.25) is 0 Å². The summed E-state index contributed by atoms with van der Waals surface area (Å²) < 4.78 is 0. The smallest absolute Gasteiger partial charge is 0.138 e. The highest BCUT2D eigenvalue weighted by Gasteiger charge is 2.57. The molecule has 3 aliphatic rings. The lowest BCUT2D eigenvalue weighted by atomic mass is 9.44. The number of carbonyl (C=O) groups excluding carboxylic acids is 1. The van der Waals surface area contributed by atoms with E-state index in [4.69, 9.17) is 0 Å². The molecule has 0 aliphatic heterocycles. The second-order valence-corrected chi connectivity index (χ2v) is 8.22. The average Bonchev–Trinajstić information content (AvgIpc) is 2.34. The maximum atomic E-state index is 12.3. The first-order chi connectivity index (χ1) is 8.81. The van der Waals surface area contributed by atoms with Crippen LogP contribution in [-0.4, -0.2) is 5.78 Å². The molecule has 1 heteroatoms. The van der Waals surface area contributed by atoms with Crippen molar-refractivity contribution in [1.82, 2.24) is 0 Å². The van der Waals surface area contributed by atoms with Crippen LogP contribution in [0, 0.1) is 22.2 Å². The monoisotopic (exact) mass is 260 g/mol. The van der Waals surface area contributed by atoms with Gasteiger partial charge in [0.05, 0.1) is 0 Å². The highest BCUT2D eigenvalue weighted by molar-refractivity contribution is 5.85. The molecule has 1 nitrogen and oxygen atoms in total. The van der Waals surface area contributed by atoms with Gasteiger partial charge in [-0.05, 0) is 55.3 Å². The molecule has 0 amide bonds. The first-order valence-corrected chi connectivity index (χ1v) is 8.05. The number of hydrogen-bond donors (Lipinski definition) is 0. The molecule has 0 saturated heterocycles. The minimum atomic E-state index is -0.118. The Balaban J connectivity index is 2.07. The Labute approximate surface area is 117 Å². The molecule has 0 aromatic carbocycles. The summed E-state index contributed by atoms with van der Waals surface area (Å²) in [5.41, 5.74) is 2.31. The summed E-state index contributed by atoms with van der Waals surface area (Å²) in [7, 11) is 0. The molecule has 2 saturated carbocycles. The third-order valence-corrected chi connectivity index (χ3v) is 6.76. The highest BCUT2D eigenvalue weighted by Crippen LogP contribution is 2.65. The summed E-state index contributed by atoms with van der Waals surface area (Å²) in [6, 6.07) is 0. The number of ketones is 1. The second kappa shape index (κ2) is 3.96. The van der Waals surface area contributed by atoms with Crippen molar-refractivity contribution < 1.29 is 4.79 Å². The second-order valence-electron chi connectivity index (χ2n) is 8.22. The van der Waals surface area contributed by atoms with Gasteiger partial charge in [0.1, 0.15) is 5.78 Å². The van der Waals surface area contributed by atoms with Gasteiger partial charge in [-0.3, -0.25) is 4.79 Å². The Morgan fingerprint density at radius 1 is 1.11 bits per heavy atom. The van der Waals surface area contributed by atoms with E-state index < -0.39 is 0 Å². The predicted octanol–water partition coefficient (Wildman–Crippen LogP) is 4.91. The van der Waals surface area contributed by atoms with Crippen LogP contribution in [0.25, 0.3) is 0 Å². The Kier molecular flexibility index (Phi) is 2.79. The number of fused-ring (bicyclic) bond motifs is 3. The fraction of sp³-hybridized carbons (Fsp3) is 0.833. The maximum absolute atomic E-state index is 12.3. The molecule has 3 aliphatic carbocycles. The van der Waals surface area contributed by atoms with Gasteiger partial charge in [-0.2, -0.15) is 0 Å². The minimum Gasteiger partial charge on any atom is -0.299 e. The van der Waals surface area contributed by atoms with E-state index >= 15 is 0 Å². The van der Waals surface area contributed by atoms with E-state index in [1.54, 1.807) is 5.57 Å². The predicted molar refractivity (Wildman–Crippen MR) is 78.9 cm³/mol. The molecule has 3 rings (SSSR count). The Hall–Kier alpha value is -0.590. The van der Waals surface area contributed by atoms with Crippen LogP contribution in [0.1, 0.15) is 72.6 Å². The van der Waals surface area contributed by atoms with Crippen molar-refractivity contribution in [3.8, 4) is 0 Å². The topological polar surface area (TPSA) is 17.1 Å². The van der Waals surface area contributed by atoms with Crippen molar-refractivity contribution in [3.05, 3.63) is 11.6 Å². The van der Waals surface area contributed by atoms with E-state index in [9.17, 15) is 4.79 Å². The SMILES string of the molecule is CC1(C)C(=O)CCC2(C)C3=CCCC[C@]3(C)CC[C@@H]12. The van der Waals surface area contributed by atoms with E-state index in [0.29, 0.717) is 17.1 Å². The molecule has 0 spiro atoms. The van der Waals surface area contributed by atoms with E-state index in [-0.39, 0.29) is 10.8 Å². The normalized spacial score (nSPS) is 45.2. The van der Waals surface area contributed by atoms with Gasteiger partial charge < -0.3 is 0 Å². The fourth-order valence-corrected chi connectivity index (χ4v) is 5.63. The standard InChI is InChI=1S/C18H28O/c1-16(2)13-8-11-17(3)10-6-5-7-14(17)18(13,4)12-9-15(16)19/h7,13H,5-6,8-12H2,1-4H3/t13-,17+,18?/m0/s1. The fourth-order valence-electron chi connectivity index (χ4n) is 5.63. The zero-order valence-corrected chi connectivity index (χ0v) is 13.0. The zero-order valence-electron chi connectivity index (χ0n) is 13.0. The largest absolute Gasteiger partial charge is 0.299 e. The van der Waals surface area contributed by atoms with Crippen LogP contribution in [0.4, 0.5) is 0 Å². The van der Waals surface area contributed by atoms with Crippen molar-refractivity contribution in [3.63, 3.8) is 0 Å². The van der Waals surface area contributed by atoms with Crippen LogP contribution < -0.4 is 0 Å². The molecule has 2 fully saturated rings. The molecule has 3 atom stereocenters. The third kappa shape index (κ3) is 1.69. The summed E-state index contributed by atoms with van der Waals surface area (Å²) in [6.45, 7) is 9.33. The summed E-state index contributed by atoms with van der Waals surface area (Å²) in [4.78, 5) is 12.3. The summed E-state index contributed by atoms with van der Waals surface area (Å²) >= 11 is 0. The minimum absolute atomic E-state index is 0.118. The molecule has 0 radical (unpaired) electrons. The Morgan fingerprint density at radius 3 is 2.58 bits per heavy atom. The van der Waals surface area contributed by atoms with Gasteiger partial charge >= 0.3 is 0 Å². The molecule has 0 bridgehead atoms. The van der Waals surface area contributed by atoms with Crippen molar-refractivity contribution in [2.75, 3.05) is 0 Å².